The van der Waals surface area contributed by atoms with E-state index in [4.69, 9.17) is 0 Å². The maximum Gasteiger partial charge on any atom is 0.250 e. The van der Waals surface area contributed by atoms with E-state index in [2.05, 4.69) is 54.6 Å². The molecule has 2 aliphatic carbocycles. The summed E-state index contributed by atoms with van der Waals surface area (Å²) in [6, 6.07) is 25.3. The smallest absolute Gasteiger partial charge is 0.250 e. The van der Waals surface area contributed by atoms with E-state index in [0.717, 1.165) is 41.2 Å². The molecule has 1 heterocycles. The molecular formula is C31H27NO2S. The Bertz CT molecular complexity index is 1480. The van der Waals surface area contributed by atoms with Gasteiger partial charge in [-0.15, -0.1) is 11.3 Å². The van der Waals surface area contributed by atoms with E-state index < -0.39 is 0 Å². The van der Waals surface area contributed by atoms with Crippen molar-refractivity contribution in [3.63, 3.8) is 0 Å². The molecule has 1 N–H and O–H groups in total. The first-order valence-corrected chi connectivity index (χ1v) is 13.1. The highest BCUT2D eigenvalue weighted by Gasteiger charge is 2.23. The fraction of sp³-hybridized carbons (Fsp3) is 0.194. The number of hydrogen-bond donors (Lipinski definition) is 1. The zero-order chi connectivity index (χ0) is 23.9. The number of anilines is 1. The Balaban J connectivity index is 1.30. The van der Waals surface area contributed by atoms with Gasteiger partial charge in [-0.2, -0.15) is 5.06 Å². The Morgan fingerprint density at radius 2 is 1.69 bits per heavy atom. The molecule has 6 rings (SSSR count). The predicted octanol–water partition coefficient (Wildman–Crippen LogP) is 7.80. The van der Waals surface area contributed by atoms with Gasteiger partial charge < -0.3 is 0 Å². The average molecular weight is 478 g/mol. The minimum atomic E-state index is -0.314. The highest BCUT2D eigenvalue weighted by atomic mass is 32.1. The number of rotatable bonds is 4. The number of nitrogens with zero attached hydrogens (tertiary/aromatic N) is 1. The van der Waals surface area contributed by atoms with Gasteiger partial charge in [-0.1, -0.05) is 61.5 Å². The molecule has 0 unspecified atom stereocenters. The van der Waals surface area contributed by atoms with Crippen molar-refractivity contribution in [1.29, 1.82) is 0 Å². The lowest BCUT2D eigenvalue weighted by atomic mass is 9.78. The number of amides is 1. The summed E-state index contributed by atoms with van der Waals surface area (Å²) >= 11 is 1.77. The first-order valence-electron chi connectivity index (χ1n) is 12.3. The van der Waals surface area contributed by atoms with E-state index in [0.29, 0.717) is 5.69 Å². The first-order chi connectivity index (χ1) is 17.1. The second-order valence-electron chi connectivity index (χ2n) is 9.26. The van der Waals surface area contributed by atoms with Gasteiger partial charge in [0, 0.05) is 16.2 Å². The van der Waals surface area contributed by atoms with Crippen LogP contribution in [-0.2, 0) is 24.1 Å². The molecular weight excluding hydrogens is 450 g/mol. The van der Waals surface area contributed by atoms with Gasteiger partial charge in [0.1, 0.15) is 0 Å². The zero-order valence-electron chi connectivity index (χ0n) is 19.8. The number of fused-ring (bicyclic) bond motifs is 5. The fourth-order valence-electron chi connectivity index (χ4n) is 5.40. The molecule has 1 aromatic heterocycles. The Morgan fingerprint density at radius 1 is 0.857 bits per heavy atom. The quantitative estimate of drug-likeness (QED) is 0.241. The van der Waals surface area contributed by atoms with Crippen LogP contribution >= 0.6 is 11.3 Å². The third-order valence-electron chi connectivity index (χ3n) is 7.23. The van der Waals surface area contributed by atoms with Gasteiger partial charge in [0.2, 0.25) is 5.91 Å². The van der Waals surface area contributed by atoms with Crippen LogP contribution in [0.3, 0.4) is 0 Å². The lowest BCUT2D eigenvalue weighted by Crippen LogP contribution is -2.25. The number of carbonyl (C=O) groups is 1. The van der Waals surface area contributed by atoms with E-state index in [1.165, 1.54) is 43.8 Å². The highest BCUT2D eigenvalue weighted by molar-refractivity contribution is 7.16. The van der Waals surface area contributed by atoms with Crippen LogP contribution in [0, 0.1) is 0 Å². The van der Waals surface area contributed by atoms with Gasteiger partial charge in [0.25, 0.3) is 0 Å². The maximum atomic E-state index is 11.9. The molecule has 0 bridgehead atoms. The first kappa shape index (κ1) is 22.0. The number of thiophene rings is 1. The molecule has 174 valence electrons. The average Bonchev–Trinajstić information content (AvgIpc) is 3.42. The van der Waals surface area contributed by atoms with Gasteiger partial charge in [0.15, 0.2) is 0 Å². The van der Waals surface area contributed by atoms with Gasteiger partial charge in [-0.3, -0.25) is 10.0 Å². The van der Waals surface area contributed by atoms with E-state index in [1.54, 1.807) is 24.3 Å². The van der Waals surface area contributed by atoms with Gasteiger partial charge in [0.05, 0.1) is 5.69 Å². The second-order valence-corrected chi connectivity index (χ2v) is 10.3. The Labute approximate surface area is 209 Å². The van der Waals surface area contributed by atoms with Gasteiger partial charge in [-0.05, 0) is 94.5 Å². The molecule has 4 aromatic rings. The number of benzene rings is 3. The van der Waals surface area contributed by atoms with Crippen LogP contribution in [0.5, 0.6) is 0 Å². The third kappa shape index (κ3) is 3.93. The number of allylic oxidation sites excluding steroid dienone is 1. The molecule has 0 aliphatic heterocycles. The van der Waals surface area contributed by atoms with Crippen molar-refractivity contribution in [2.24, 2.45) is 0 Å². The molecule has 0 saturated heterocycles. The molecule has 2 aliphatic rings. The molecule has 3 aromatic carbocycles. The van der Waals surface area contributed by atoms with Crippen LogP contribution in [-0.4, -0.2) is 11.1 Å². The van der Waals surface area contributed by atoms with Crippen molar-refractivity contribution in [2.45, 2.75) is 39.0 Å². The summed E-state index contributed by atoms with van der Waals surface area (Å²) in [5.41, 5.74) is 11.6. The normalized spacial score (nSPS) is 13.9. The molecule has 3 nitrogen and oxygen atoms in total. The maximum absolute atomic E-state index is 11.9. The topological polar surface area (TPSA) is 40.5 Å². The van der Waals surface area contributed by atoms with Gasteiger partial charge >= 0.3 is 0 Å². The second kappa shape index (κ2) is 8.95. The van der Waals surface area contributed by atoms with Gasteiger partial charge in [-0.25, -0.2) is 0 Å². The summed E-state index contributed by atoms with van der Waals surface area (Å²) in [6.45, 7) is 1.74. The van der Waals surface area contributed by atoms with Crippen LogP contribution in [0.1, 0.15) is 46.9 Å². The third-order valence-corrected chi connectivity index (χ3v) is 8.44. The summed E-state index contributed by atoms with van der Waals surface area (Å²) in [5.74, 6) is -0.314. The Kier molecular flexibility index (Phi) is 5.63. The van der Waals surface area contributed by atoms with Crippen molar-refractivity contribution < 1.29 is 10.0 Å². The summed E-state index contributed by atoms with van der Waals surface area (Å²) in [6.07, 6.45) is 7.00. The van der Waals surface area contributed by atoms with Crippen molar-refractivity contribution >= 4 is 34.6 Å². The lowest BCUT2D eigenvalue weighted by Gasteiger charge is -2.26. The lowest BCUT2D eigenvalue weighted by molar-refractivity contribution is -0.123. The molecule has 4 heteroatoms. The molecule has 0 saturated carbocycles. The summed E-state index contributed by atoms with van der Waals surface area (Å²) in [4.78, 5) is 14.3. The number of hydrogen-bond acceptors (Lipinski definition) is 3. The largest absolute Gasteiger partial charge is 0.281 e. The number of hydroxylamine groups is 1. The molecule has 35 heavy (non-hydrogen) atoms. The summed E-state index contributed by atoms with van der Waals surface area (Å²) in [7, 11) is 0. The fourth-order valence-corrected chi connectivity index (χ4v) is 6.45. The highest BCUT2D eigenvalue weighted by Crippen LogP contribution is 2.42. The van der Waals surface area contributed by atoms with E-state index in [9.17, 15) is 10.0 Å². The number of aryl methyl sites for hydroxylation is 1. The van der Waals surface area contributed by atoms with Crippen LogP contribution in [0.15, 0.2) is 72.8 Å². The predicted molar refractivity (Wildman–Crippen MR) is 145 cm³/mol. The minimum absolute atomic E-state index is 0.259. The van der Waals surface area contributed by atoms with Crippen LogP contribution in [0.2, 0.25) is 0 Å². The summed E-state index contributed by atoms with van der Waals surface area (Å²) in [5, 5.41) is 10.9. The summed E-state index contributed by atoms with van der Waals surface area (Å²) < 4.78 is 0. The van der Waals surface area contributed by atoms with Crippen LogP contribution in [0.25, 0.3) is 33.2 Å². The van der Waals surface area contributed by atoms with Crippen molar-refractivity contribution in [3.8, 4) is 21.6 Å². The van der Waals surface area contributed by atoms with Crippen molar-refractivity contribution in [3.05, 3.63) is 99.9 Å². The molecule has 0 atom stereocenters. The monoisotopic (exact) mass is 477 g/mol. The molecule has 0 spiro atoms. The Hall–Kier alpha value is -3.47. The van der Waals surface area contributed by atoms with Crippen LogP contribution < -0.4 is 5.06 Å². The van der Waals surface area contributed by atoms with E-state index >= 15 is 0 Å². The zero-order valence-corrected chi connectivity index (χ0v) is 20.6. The molecule has 0 fully saturated rings. The molecule has 0 radical (unpaired) electrons. The van der Waals surface area contributed by atoms with Crippen LogP contribution in [0.4, 0.5) is 5.69 Å². The minimum Gasteiger partial charge on any atom is -0.281 e. The van der Waals surface area contributed by atoms with Crippen molar-refractivity contribution in [2.75, 3.05) is 5.06 Å². The van der Waals surface area contributed by atoms with E-state index in [1.807, 2.05) is 18.2 Å². The van der Waals surface area contributed by atoms with E-state index in [-0.39, 0.29) is 12.3 Å². The Morgan fingerprint density at radius 3 is 2.57 bits per heavy atom. The number of carbonyl (C=O) groups excluding carboxylic acids is 1. The van der Waals surface area contributed by atoms with Crippen molar-refractivity contribution in [1.82, 2.24) is 0 Å². The molecule has 1 amide bonds. The standard InChI is InChI=1S/C31H27NO2S/c1-2-31(33)32(34)24-8-5-7-22(19-24)29-16-17-30(35-29)23-12-13-26-21(18-23)11-15-27-25-9-4-3-6-20(25)10-14-28(26)27/h3-9,11,15-19,34H,2,10,12-14H2,1H3. The SMILES string of the molecule is CCC(=O)N(O)c1cccc(-c2ccc(C3=Cc4ccc5c(c4CC3)CCc3ccccc3-5)s2)c1.